The van der Waals surface area contributed by atoms with Crippen LogP contribution in [0.25, 0.3) is 0 Å². The van der Waals surface area contributed by atoms with E-state index in [-0.39, 0.29) is 12.1 Å². The van der Waals surface area contributed by atoms with Crippen LogP contribution in [0.3, 0.4) is 0 Å². The van der Waals surface area contributed by atoms with Crippen molar-refractivity contribution in [3.63, 3.8) is 0 Å². The van der Waals surface area contributed by atoms with Gasteiger partial charge in [0.2, 0.25) is 0 Å². The second-order valence-electron chi connectivity index (χ2n) is 12.5. The lowest BCUT2D eigenvalue weighted by molar-refractivity contribution is 0.251. The van der Waals surface area contributed by atoms with Crippen molar-refractivity contribution in [1.29, 1.82) is 0 Å². The van der Waals surface area contributed by atoms with Gasteiger partial charge in [0, 0.05) is 24.5 Å². The smallest absolute Gasteiger partial charge is 0.319 e. The number of urea groups is 2. The average molecular weight is 653 g/mol. The largest absolute Gasteiger partial charge is 0.494 e. The number of carbonyl (C=O) groups excluding carboxylic acids is 2. The lowest BCUT2D eigenvalue weighted by atomic mass is 10.1. The minimum absolute atomic E-state index is 0.153. The molecule has 264 valence electrons. The van der Waals surface area contributed by atoms with Crippen LogP contribution in [0.1, 0.15) is 136 Å². The van der Waals surface area contributed by atoms with Gasteiger partial charge in [0.25, 0.3) is 0 Å². The maximum atomic E-state index is 12.1. The average Bonchev–Trinajstić information content (AvgIpc) is 3.08. The zero-order valence-electron chi connectivity index (χ0n) is 29.5. The highest BCUT2D eigenvalue weighted by atomic mass is 16.5. The van der Waals surface area contributed by atoms with Crippen molar-refractivity contribution in [2.24, 2.45) is 0 Å². The highest BCUT2D eigenvalue weighted by Crippen LogP contribution is 2.18. The van der Waals surface area contributed by atoms with E-state index in [1.54, 1.807) is 0 Å². The van der Waals surface area contributed by atoms with Crippen LogP contribution in [0.15, 0.2) is 48.5 Å². The van der Waals surface area contributed by atoms with Crippen LogP contribution < -0.4 is 30.7 Å². The summed E-state index contributed by atoms with van der Waals surface area (Å²) in [5, 5.41) is 11.6. The molecule has 0 heterocycles. The number of nitrogens with one attached hydrogen (secondary N) is 4. The number of rotatable bonds is 28. The van der Waals surface area contributed by atoms with Crippen LogP contribution in [-0.4, -0.2) is 38.4 Å². The number of benzene rings is 2. The quantitative estimate of drug-likeness (QED) is 0.0687. The number of carbonyl (C=O) groups is 2. The molecule has 0 radical (unpaired) electrons. The fraction of sp³-hybridized carbons (Fsp3) is 0.641. The van der Waals surface area contributed by atoms with Crippen molar-refractivity contribution >= 4 is 23.4 Å². The fourth-order valence-corrected chi connectivity index (χ4v) is 5.30. The summed E-state index contributed by atoms with van der Waals surface area (Å²) >= 11 is 0. The SMILES string of the molecule is CCCCCCCCNC(=O)Nc1ccc(OCCCCCCCCCOc2ccc(NC(=O)NCCCCCCCC)cc2)cc1. The molecule has 0 aliphatic carbocycles. The molecule has 0 unspecified atom stereocenters. The zero-order valence-corrected chi connectivity index (χ0v) is 29.5. The van der Waals surface area contributed by atoms with Crippen LogP contribution in [-0.2, 0) is 0 Å². The predicted octanol–water partition coefficient (Wildman–Crippen LogP) is 10.8. The fourth-order valence-electron chi connectivity index (χ4n) is 5.30. The molecule has 0 aliphatic heterocycles. The molecule has 0 spiro atoms. The molecule has 0 fully saturated rings. The molecule has 2 rings (SSSR count). The molecule has 0 atom stereocenters. The van der Waals surface area contributed by atoms with Gasteiger partial charge in [-0.2, -0.15) is 0 Å². The summed E-state index contributed by atoms with van der Waals surface area (Å²) in [6, 6.07) is 14.9. The monoisotopic (exact) mass is 652 g/mol. The Hall–Kier alpha value is -3.42. The highest BCUT2D eigenvalue weighted by molar-refractivity contribution is 5.89. The van der Waals surface area contributed by atoms with Gasteiger partial charge < -0.3 is 30.7 Å². The molecule has 8 nitrogen and oxygen atoms in total. The number of unbranched alkanes of at least 4 members (excludes halogenated alkanes) is 16. The van der Waals surface area contributed by atoms with Crippen molar-refractivity contribution in [2.45, 2.75) is 136 Å². The summed E-state index contributed by atoms with van der Waals surface area (Å²) in [6.45, 7) is 7.28. The van der Waals surface area contributed by atoms with Crippen molar-refractivity contribution in [1.82, 2.24) is 10.6 Å². The molecule has 2 aromatic carbocycles. The van der Waals surface area contributed by atoms with E-state index in [2.05, 4.69) is 35.1 Å². The second-order valence-corrected chi connectivity index (χ2v) is 12.5. The number of hydrogen-bond donors (Lipinski definition) is 4. The van der Waals surface area contributed by atoms with Gasteiger partial charge in [-0.15, -0.1) is 0 Å². The van der Waals surface area contributed by atoms with Crippen LogP contribution in [0.4, 0.5) is 21.0 Å². The molecular weight excluding hydrogens is 588 g/mol. The first-order chi connectivity index (χ1) is 23.1. The Balaban J connectivity index is 1.40. The maximum Gasteiger partial charge on any atom is 0.319 e. The topological polar surface area (TPSA) is 101 Å². The van der Waals surface area contributed by atoms with E-state index in [9.17, 15) is 9.59 Å². The van der Waals surface area contributed by atoms with Gasteiger partial charge in [-0.25, -0.2) is 9.59 Å². The Morgan fingerprint density at radius 1 is 0.447 bits per heavy atom. The van der Waals surface area contributed by atoms with E-state index < -0.39 is 0 Å². The van der Waals surface area contributed by atoms with Crippen LogP contribution >= 0.6 is 0 Å². The molecule has 0 saturated heterocycles. The normalized spacial score (nSPS) is 10.8. The van der Waals surface area contributed by atoms with E-state index in [0.29, 0.717) is 26.3 Å². The van der Waals surface area contributed by atoms with Crippen molar-refractivity contribution in [3.8, 4) is 11.5 Å². The van der Waals surface area contributed by atoms with Crippen molar-refractivity contribution < 1.29 is 19.1 Å². The highest BCUT2D eigenvalue weighted by Gasteiger charge is 2.04. The van der Waals surface area contributed by atoms with Crippen LogP contribution in [0.2, 0.25) is 0 Å². The maximum absolute atomic E-state index is 12.1. The Morgan fingerprint density at radius 2 is 0.766 bits per heavy atom. The van der Waals surface area contributed by atoms with Gasteiger partial charge in [0.15, 0.2) is 0 Å². The minimum atomic E-state index is -0.153. The molecule has 4 N–H and O–H groups in total. The summed E-state index contributed by atoms with van der Waals surface area (Å²) in [4.78, 5) is 24.2. The minimum Gasteiger partial charge on any atom is -0.494 e. The Bertz CT molecular complexity index is 962. The molecule has 47 heavy (non-hydrogen) atoms. The summed E-state index contributed by atoms with van der Waals surface area (Å²) in [5.74, 6) is 1.66. The molecule has 0 bridgehead atoms. The zero-order chi connectivity index (χ0) is 33.6. The first-order valence-corrected chi connectivity index (χ1v) is 18.7. The summed E-state index contributed by atoms with van der Waals surface area (Å²) in [6.07, 6.45) is 22.6. The molecule has 2 aromatic rings. The summed E-state index contributed by atoms with van der Waals surface area (Å²) in [5.41, 5.74) is 1.54. The lowest BCUT2D eigenvalue weighted by Gasteiger charge is -2.10. The van der Waals surface area contributed by atoms with Crippen molar-refractivity contribution in [3.05, 3.63) is 48.5 Å². The van der Waals surface area contributed by atoms with Crippen LogP contribution in [0.5, 0.6) is 11.5 Å². The van der Waals surface area contributed by atoms with Gasteiger partial charge in [-0.1, -0.05) is 110 Å². The number of anilines is 2. The third kappa shape index (κ3) is 21.9. The van der Waals surface area contributed by atoms with E-state index in [1.807, 2.05) is 48.5 Å². The van der Waals surface area contributed by atoms with E-state index in [1.165, 1.54) is 83.5 Å². The van der Waals surface area contributed by atoms with E-state index in [0.717, 1.165) is 61.4 Å². The summed E-state index contributed by atoms with van der Waals surface area (Å²) < 4.78 is 11.8. The Morgan fingerprint density at radius 3 is 1.13 bits per heavy atom. The molecule has 0 aliphatic rings. The molecular formula is C39H64N4O4. The molecule has 0 saturated carbocycles. The first kappa shape index (κ1) is 39.8. The second kappa shape index (κ2) is 27.7. The first-order valence-electron chi connectivity index (χ1n) is 18.7. The van der Waals surface area contributed by atoms with E-state index >= 15 is 0 Å². The van der Waals surface area contributed by atoms with Gasteiger partial charge in [0.1, 0.15) is 11.5 Å². The van der Waals surface area contributed by atoms with Crippen LogP contribution in [0, 0.1) is 0 Å². The molecule has 8 heteroatoms. The predicted molar refractivity (Wildman–Crippen MR) is 197 cm³/mol. The number of amides is 4. The molecule has 0 aromatic heterocycles. The van der Waals surface area contributed by atoms with Gasteiger partial charge >= 0.3 is 12.1 Å². The number of hydrogen-bond acceptors (Lipinski definition) is 4. The standard InChI is InChI=1S/C39H64N4O4/c1-3-5-7-9-14-18-30-40-38(44)42-34-22-26-36(27-23-34)46-32-20-16-12-11-13-17-21-33-47-37-28-24-35(25-29-37)43-39(45)41-31-19-15-10-8-6-4-2/h22-29H,3-21,30-33H2,1-2H3,(H2,40,42,44)(H2,41,43,45). The third-order valence-corrected chi connectivity index (χ3v) is 8.18. The number of ether oxygens (including phenoxy) is 2. The molecule has 4 amide bonds. The lowest BCUT2D eigenvalue weighted by Crippen LogP contribution is -2.29. The van der Waals surface area contributed by atoms with Gasteiger partial charge in [-0.05, 0) is 74.2 Å². The van der Waals surface area contributed by atoms with Gasteiger partial charge in [0.05, 0.1) is 13.2 Å². The Kier molecular flexibility index (Phi) is 23.4. The Labute approximate surface area is 285 Å². The van der Waals surface area contributed by atoms with Gasteiger partial charge in [-0.3, -0.25) is 0 Å². The summed E-state index contributed by atoms with van der Waals surface area (Å²) in [7, 11) is 0. The van der Waals surface area contributed by atoms with E-state index in [4.69, 9.17) is 9.47 Å². The third-order valence-electron chi connectivity index (χ3n) is 8.18. The van der Waals surface area contributed by atoms with Crippen molar-refractivity contribution in [2.75, 3.05) is 36.9 Å².